The van der Waals surface area contributed by atoms with Crippen LogP contribution in [0.15, 0.2) is 85.5 Å². The molecule has 2 aromatic rings. The molecule has 0 spiro atoms. The third kappa shape index (κ3) is 2.87. The summed E-state index contributed by atoms with van der Waals surface area (Å²) in [6.45, 7) is 5.38. The Labute approximate surface area is 144 Å². The van der Waals surface area contributed by atoms with Gasteiger partial charge in [0.05, 0.1) is 0 Å². The molecule has 122 valence electrons. The van der Waals surface area contributed by atoms with Crippen LogP contribution in [-0.4, -0.2) is 20.1 Å². The van der Waals surface area contributed by atoms with E-state index in [4.69, 9.17) is 4.74 Å². The minimum atomic E-state index is -2.12. The van der Waals surface area contributed by atoms with Gasteiger partial charge in [0.2, 0.25) is 0 Å². The molecule has 1 aliphatic heterocycles. The zero-order valence-corrected chi connectivity index (χ0v) is 14.9. The smallest absolute Gasteiger partial charge is 0.303 e. The summed E-state index contributed by atoms with van der Waals surface area (Å²) in [5, 5.41) is 2.73. The number of esters is 1. The highest BCUT2D eigenvalue weighted by atomic mass is 28.3. The van der Waals surface area contributed by atoms with E-state index in [2.05, 4.69) is 67.3 Å². The van der Waals surface area contributed by atoms with Crippen molar-refractivity contribution in [2.75, 3.05) is 0 Å². The highest BCUT2D eigenvalue weighted by Gasteiger charge is 2.49. The van der Waals surface area contributed by atoms with Gasteiger partial charge in [0, 0.05) is 12.5 Å². The molecule has 2 nitrogen and oxygen atoms in total. The molecule has 1 heterocycles. The Hall–Kier alpha value is -2.39. The van der Waals surface area contributed by atoms with Crippen molar-refractivity contribution in [2.24, 2.45) is 0 Å². The van der Waals surface area contributed by atoms with Gasteiger partial charge >= 0.3 is 5.97 Å². The van der Waals surface area contributed by atoms with Gasteiger partial charge in [-0.25, -0.2) is 0 Å². The fourth-order valence-corrected chi connectivity index (χ4v) is 8.97. The Kier molecular flexibility index (Phi) is 4.81. The zero-order chi connectivity index (χ0) is 17.0. The predicted octanol–water partition coefficient (Wildman–Crippen LogP) is 3.31. The summed E-state index contributed by atoms with van der Waals surface area (Å²) in [6.07, 6.45) is 5.95. The maximum Gasteiger partial charge on any atom is 0.303 e. The normalized spacial score (nSPS) is 19.6. The van der Waals surface area contributed by atoms with Crippen LogP contribution in [0.5, 0.6) is 0 Å². The molecule has 0 bridgehead atoms. The van der Waals surface area contributed by atoms with Crippen molar-refractivity contribution in [3.8, 4) is 0 Å². The molecule has 0 aliphatic carbocycles. The van der Waals surface area contributed by atoms with Crippen molar-refractivity contribution in [1.29, 1.82) is 0 Å². The number of carbonyl (C=O) groups is 1. The van der Waals surface area contributed by atoms with E-state index >= 15 is 0 Å². The van der Waals surface area contributed by atoms with Gasteiger partial charge in [0.25, 0.3) is 0 Å². The lowest BCUT2D eigenvalue weighted by Gasteiger charge is -2.37. The summed E-state index contributed by atoms with van der Waals surface area (Å²) in [6, 6.07) is 22.3. The second-order valence-electron chi connectivity index (χ2n) is 6.17. The Balaban J connectivity index is 2.15. The maximum atomic E-state index is 11.6. The van der Waals surface area contributed by atoms with E-state index in [0.717, 1.165) is 6.04 Å². The van der Waals surface area contributed by atoms with Crippen molar-refractivity contribution >= 4 is 24.4 Å². The maximum absolute atomic E-state index is 11.6. The molecule has 2 aromatic carbocycles. The predicted molar refractivity (Wildman–Crippen MR) is 101 cm³/mol. The number of rotatable bonds is 5. The van der Waals surface area contributed by atoms with Crippen LogP contribution in [0.1, 0.15) is 6.92 Å². The molecule has 0 unspecified atom stereocenters. The molecule has 0 N–H and O–H groups in total. The lowest BCUT2D eigenvalue weighted by Crippen LogP contribution is -2.61. The fourth-order valence-electron chi connectivity index (χ4n) is 3.81. The van der Waals surface area contributed by atoms with Gasteiger partial charge in [-0.15, -0.1) is 0 Å². The second kappa shape index (κ2) is 7.01. The van der Waals surface area contributed by atoms with Gasteiger partial charge in [0.15, 0.2) is 0 Å². The van der Waals surface area contributed by atoms with Gasteiger partial charge in [-0.05, 0) is 6.04 Å². The van der Waals surface area contributed by atoms with Crippen LogP contribution in [0.25, 0.3) is 0 Å². The van der Waals surface area contributed by atoms with E-state index in [-0.39, 0.29) is 17.6 Å². The fraction of sp³-hybridized carbons (Fsp3) is 0.190. The minimum Gasteiger partial charge on any atom is -0.458 e. The van der Waals surface area contributed by atoms with E-state index < -0.39 is 8.07 Å². The van der Waals surface area contributed by atoms with E-state index in [0.29, 0.717) is 0 Å². The zero-order valence-electron chi connectivity index (χ0n) is 13.9. The van der Waals surface area contributed by atoms with E-state index in [1.165, 1.54) is 17.3 Å². The molecule has 0 fully saturated rings. The number of benzene rings is 2. The molecule has 0 aromatic heterocycles. The molecule has 0 saturated heterocycles. The Bertz CT molecular complexity index is 697. The van der Waals surface area contributed by atoms with Gasteiger partial charge in [-0.1, -0.05) is 95.8 Å². The van der Waals surface area contributed by atoms with Gasteiger partial charge in [0.1, 0.15) is 14.2 Å². The molecular formula is C21H22O2Si. The molecule has 0 radical (unpaired) electrons. The lowest BCUT2D eigenvalue weighted by molar-refractivity contribution is -0.143. The average molecular weight is 334 g/mol. The highest BCUT2D eigenvalue weighted by Crippen LogP contribution is 2.38. The first-order valence-corrected chi connectivity index (χ1v) is 10.5. The number of ether oxygens (including phenoxy) is 1. The van der Waals surface area contributed by atoms with Crippen LogP contribution in [0, 0.1) is 0 Å². The third-order valence-corrected chi connectivity index (χ3v) is 10.1. The molecule has 3 heteroatoms. The van der Waals surface area contributed by atoms with Crippen molar-refractivity contribution in [1.82, 2.24) is 0 Å². The van der Waals surface area contributed by atoms with Crippen molar-refractivity contribution in [3.63, 3.8) is 0 Å². The van der Waals surface area contributed by atoms with Crippen molar-refractivity contribution in [3.05, 3.63) is 85.5 Å². The summed E-state index contributed by atoms with van der Waals surface area (Å²) >= 11 is 0. The summed E-state index contributed by atoms with van der Waals surface area (Å²) < 4.78 is 5.61. The monoisotopic (exact) mass is 334 g/mol. The van der Waals surface area contributed by atoms with Crippen LogP contribution in [0.2, 0.25) is 11.6 Å². The van der Waals surface area contributed by atoms with Gasteiger partial charge < -0.3 is 4.74 Å². The van der Waals surface area contributed by atoms with Gasteiger partial charge in [-0.2, -0.15) is 0 Å². The average Bonchev–Trinajstić information content (AvgIpc) is 3.07. The molecule has 1 aliphatic rings. The molecular weight excluding hydrogens is 312 g/mol. The SMILES string of the molecule is C=C[C@@H](OC(C)=O)[C@@H]1C=CC[Si]1(c1ccccc1)c1ccccc1. The third-order valence-electron chi connectivity index (χ3n) is 4.82. The van der Waals surface area contributed by atoms with E-state index in [1.807, 2.05) is 12.1 Å². The summed E-state index contributed by atoms with van der Waals surface area (Å²) in [5.41, 5.74) is 0.156. The van der Waals surface area contributed by atoms with Crippen molar-refractivity contribution < 1.29 is 9.53 Å². The quantitative estimate of drug-likeness (QED) is 0.476. The molecule has 0 saturated carbocycles. The summed E-state index contributed by atoms with van der Waals surface area (Å²) in [7, 11) is -2.12. The molecule has 3 rings (SSSR count). The Morgan fingerprint density at radius 2 is 1.67 bits per heavy atom. The molecule has 2 atom stereocenters. The lowest BCUT2D eigenvalue weighted by atomic mass is 10.2. The van der Waals surface area contributed by atoms with E-state index in [9.17, 15) is 4.79 Å². The van der Waals surface area contributed by atoms with Crippen LogP contribution in [0.3, 0.4) is 0 Å². The topological polar surface area (TPSA) is 26.3 Å². The Morgan fingerprint density at radius 1 is 1.12 bits per heavy atom. The number of hydrogen-bond donors (Lipinski definition) is 0. The number of hydrogen-bond acceptors (Lipinski definition) is 2. The largest absolute Gasteiger partial charge is 0.458 e. The second-order valence-corrected chi connectivity index (χ2v) is 10.3. The molecule has 0 amide bonds. The van der Waals surface area contributed by atoms with E-state index in [1.54, 1.807) is 6.08 Å². The van der Waals surface area contributed by atoms with Crippen LogP contribution in [-0.2, 0) is 9.53 Å². The van der Waals surface area contributed by atoms with Gasteiger partial charge in [-0.3, -0.25) is 4.79 Å². The first-order chi connectivity index (χ1) is 11.7. The first kappa shape index (κ1) is 16.5. The highest BCUT2D eigenvalue weighted by molar-refractivity contribution is 7.04. The first-order valence-electron chi connectivity index (χ1n) is 8.26. The molecule has 24 heavy (non-hydrogen) atoms. The van der Waals surface area contributed by atoms with Crippen molar-refractivity contribution in [2.45, 2.75) is 24.6 Å². The van der Waals surface area contributed by atoms with Crippen LogP contribution < -0.4 is 10.4 Å². The van der Waals surface area contributed by atoms with Crippen LogP contribution in [0.4, 0.5) is 0 Å². The number of allylic oxidation sites excluding steroid dienone is 1. The summed E-state index contributed by atoms with van der Waals surface area (Å²) in [5.74, 6) is -0.260. The Morgan fingerprint density at radius 3 is 2.12 bits per heavy atom. The summed E-state index contributed by atoms with van der Waals surface area (Å²) in [4.78, 5) is 11.6. The number of carbonyl (C=O) groups excluding carboxylic acids is 1. The standard InChI is InChI=1S/C21H22O2Si/c1-3-20(23-17(2)22)21-15-10-16-24(21,18-11-6-4-7-12-18)19-13-8-5-9-14-19/h3-15,20-21H,1,16H2,2H3/t20-,21+/m1/s1. The minimum absolute atomic E-state index is 0.156. The van der Waals surface area contributed by atoms with Crippen LogP contribution >= 0.6 is 0 Å².